The van der Waals surface area contributed by atoms with Crippen LogP contribution in [0.15, 0.2) is 18.2 Å². The van der Waals surface area contributed by atoms with E-state index in [-0.39, 0.29) is 23.8 Å². The summed E-state index contributed by atoms with van der Waals surface area (Å²) in [5.41, 5.74) is 0.386. The molecule has 1 rings (SSSR count). The maximum absolute atomic E-state index is 12.6. The monoisotopic (exact) mass is 350 g/mol. The molecule has 0 aliphatic rings. The van der Waals surface area contributed by atoms with Crippen molar-refractivity contribution in [3.05, 3.63) is 23.8 Å². The summed E-state index contributed by atoms with van der Waals surface area (Å²) >= 11 is 0. The first-order valence-corrected chi connectivity index (χ1v) is 8.70. The van der Waals surface area contributed by atoms with Crippen molar-refractivity contribution in [3.63, 3.8) is 0 Å². The van der Waals surface area contributed by atoms with Crippen molar-refractivity contribution in [2.24, 2.45) is 5.92 Å². The second kappa shape index (κ2) is 9.91. The highest BCUT2D eigenvalue weighted by Gasteiger charge is 2.26. The van der Waals surface area contributed by atoms with E-state index in [4.69, 9.17) is 9.47 Å². The summed E-state index contributed by atoms with van der Waals surface area (Å²) in [4.78, 5) is 25.2. The van der Waals surface area contributed by atoms with Gasteiger partial charge in [-0.05, 0) is 30.9 Å². The third kappa shape index (κ3) is 5.96. The standard InChI is InChI=1S/C19H30N2O4/c1-7-14(8-2)20-19(23)17(12(3)4)21-18(22)13-9-15(24-5)11-16(10-13)25-6/h9-12,14,17H,7-8H2,1-6H3,(H,20,23)(H,21,22)/t17-/m0/s1. The number of hydrogen-bond donors (Lipinski definition) is 2. The first kappa shape index (κ1) is 20.8. The number of nitrogens with one attached hydrogen (secondary N) is 2. The van der Waals surface area contributed by atoms with Crippen LogP contribution in [0.1, 0.15) is 50.9 Å². The van der Waals surface area contributed by atoms with Crippen LogP contribution in [0.2, 0.25) is 0 Å². The van der Waals surface area contributed by atoms with E-state index in [0.29, 0.717) is 17.1 Å². The largest absolute Gasteiger partial charge is 0.497 e. The summed E-state index contributed by atoms with van der Waals surface area (Å²) in [5, 5.41) is 5.82. The van der Waals surface area contributed by atoms with E-state index >= 15 is 0 Å². The molecule has 25 heavy (non-hydrogen) atoms. The Labute approximate surface area is 150 Å². The average molecular weight is 350 g/mol. The first-order chi connectivity index (χ1) is 11.9. The van der Waals surface area contributed by atoms with Gasteiger partial charge < -0.3 is 20.1 Å². The molecule has 6 nitrogen and oxygen atoms in total. The van der Waals surface area contributed by atoms with Gasteiger partial charge in [-0.25, -0.2) is 0 Å². The van der Waals surface area contributed by atoms with E-state index in [1.165, 1.54) is 14.2 Å². The summed E-state index contributed by atoms with van der Waals surface area (Å²) in [5.74, 6) is 0.507. The fraction of sp³-hybridized carbons (Fsp3) is 0.579. The Morgan fingerprint density at radius 1 is 0.960 bits per heavy atom. The van der Waals surface area contributed by atoms with Crippen LogP contribution in [0, 0.1) is 5.92 Å². The normalized spacial score (nSPS) is 12.0. The third-order valence-corrected chi connectivity index (χ3v) is 4.18. The summed E-state index contributed by atoms with van der Waals surface area (Å²) < 4.78 is 10.4. The lowest BCUT2D eigenvalue weighted by Gasteiger charge is -2.24. The molecule has 1 atom stereocenters. The third-order valence-electron chi connectivity index (χ3n) is 4.18. The Kier molecular flexibility index (Phi) is 8.25. The molecule has 0 aliphatic heterocycles. The van der Waals surface area contributed by atoms with Crippen LogP contribution in [0.5, 0.6) is 11.5 Å². The smallest absolute Gasteiger partial charge is 0.252 e. The summed E-state index contributed by atoms with van der Waals surface area (Å²) in [6.07, 6.45) is 1.71. The predicted octanol–water partition coefficient (Wildman–Crippen LogP) is 2.76. The highest BCUT2D eigenvalue weighted by Crippen LogP contribution is 2.22. The van der Waals surface area contributed by atoms with Gasteiger partial charge in [0.05, 0.1) is 14.2 Å². The fourth-order valence-corrected chi connectivity index (χ4v) is 2.48. The predicted molar refractivity (Wildman–Crippen MR) is 98.2 cm³/mol. The Morgan fingerprint density at radius 2 is 1.48 bits per heavy atom. The maximum atomic E-state index is 12.6. The van der Waals surface area contributed by atoms with Crippen molar-refractivity contribution >= 4 is 11.8 Å². The van der Waals surface area contributed by atoms with Crippen molar-refractivity contribution < 1.29 is 19.1 Å². The minimum Gasteiger partial charge on any atom is -0.497 e. The number of hydrogen-bond acceptors (Lipinski definition) is 4. The fourth-order valence-electron chi connectivity index (χ4n) is 2.48. The zero-order valence-electron chi connectivity index (χ0n) is 16.0. The van der Waals surface area contributed by atoms with Crippen LogP contribution in [0.3, 0.4) is 0 Å². The molecular formula is C19H30N2O4. The topological polar surface area (TPSA) is 76.7 Å². The molecule has 140 valence electrons. The van der Waals surface area contributed by atoms with Gasteiger partial charge in [0.1, 0.15) is 17.5 Å². The molecular weight excluding hydrogens is 320 g/mol. The van der Waals surface area contributed by atoms with E-state index in [1.807, 2.05) is 27.7 Å². The molecule has 0 unspecified atom stereocenters. The lowest BCUT2D eigenvalue weighted by molar-refractivity contribution is -0.124. The van der Waals surface area contributed by atoms with Gasteiger partial charge in [-0.3, -0.25) is 9.59 Å². The molecule has 0 radical (unpaired) electrons. The van der Waals surface area contributed by atoms with Gasteiger partial charge in [0.25, 0.3) is 5.91 Å². The highest BCUT2D eigenvalue weighted by atomic mass is 16.5. The molecule has 2 N–H and O–H groups in total. The summed E-state index contributed by atoms with van der Waals surface area (Å²) in [6, 6.07) is 4.44. The molecule has 0 bridgehead atoms. The van der Waals surface area contributed by atoms with E-state index in [0.717, 1.165) is 12.8 Å². The van der Waals surface area contributed by atoms with Gasteiger partial charge in [-0.1, -0.05) is 27.7 Å². The molecule has 0 spiro atoms. The minimum atomic E-state index is -0.606. The lowest BCUT2D eigenvalue weighted by Crippen LogP contribution is -2.51. The Morgan fingerprint density at radius 3 is 1.88 bits per heavy atom. The zero-order valence-corrected chi connectivity index (χ0v) is 16.0. The Bertz CT molecular complexity index is 561. The molecule has 0 heterocycles. The van der Waals surface area contributed by atoms with Crippen molar-refractivity contribution in [2.75, 3.05) is 14.2 Å². The second-order valence-electron chi connectivity index (χ2n) is 6.32. The molecule has 0 fully saturated rings. The highest BCUT2D eigenvalue weighted by molar-refractivity contribution is 5.98. The Hall–Kier alpha value is -2.24. The molecule has 1 aromatic carbocycles. The van der Waals surface area contributed by atoms with Crippen LogP contribution in [0.25, 0.3) is 0 Å². The van der Waals surface area contributed by atoms with E-state index < -0.39 is 6.04 Å². The van der Waals surface area contributed by atoms with Crippen molar-refractivity contribution in [2.45, 2.75) is 52.6 Å². The van der Waals surface area contributed by atoms with Gasteiger partial charge in [0, 0.05) is 17.7 Å². The van der Waals surface area contributed by atoms with Gasteiger partial charge in [0.2, 0.25) is 5.91 Å². The van der Waals surface area contributed by atoms with Gasteiger partial charge >= 0.3 is 0 Å². The quantitative estimate of drug-likeness (QED) is 0.718. The van der Waals surface area contributed by atoms with Crippen LogP contribution in [0.4, 0.5) is 0 Å². The van der Waals surface area contributed by atoms with E-state index in [2.05, 4.69) is 10.6 Å². The van der Waals surface area contributed by atoms with Crippen molar-refractivity contribution in [1.82, 2.24) is 10.6 Å². The number of carbonyl (C=O) groups excluding carboxylic acids is 2. The molecule has 6 heteroatoms. The van der Waals surface area contributed by atoms with Gasteiger partial charge in [0.15, 0.2) is 0 Å². The van der Waals surface area contributed by atoms with Crippen LogP contribution in [-0.4, -0.2) is 38.1 Å². The Balaban J connectivity index is 2.95. The van der Waals surface area contributed by atoms with E-state index in [9.17, 15) is 9.59 Å². The molecule has 0 aromatic heterocycles. The summed E-state index contributed by atoms with van der Waals surface area (Å²) in [7, 11) is 3.05. The first-order valence-electron chi connectivity index (χ1n) is 8.70. The van der Waals surface area contributed by atoms with Crippen molar-refractivity contribution in [3.8, 4) is 11.5 Å². The van der Waals surface area contributed by atoms with Gasteiger partial charge in [-0.15, -0.1) is 0 Å². The number of rotatable bonds is 9. The molecule has 2 amide bonds. The number of methoxy groups -OCH3 is 2. The van der Waals surface area contributed by atoms with Gasteiger partial charge in [-0.2, -0.15) is 0 Å². The van der Waals surface area contributed by atoms with Crippen LogP contribution >= 0.6 is 0 Å². The second-order valence-corrected chi connectivity index (χ2v) is 6.32. The summed E-state index contributed by atoms with van der Waals surface area (Å²) in [6.45, 7) is 7.87. The maximum Gasteiger partial charge on any atom is 0.252 e. The SMILES string of the molecule is CCC(CC)NC(=O)[C@@H](NC(=O)c1cc(OC)cc(OC)c1)C(C)C. The molecule has 0 saturated heterocycles. The van der Waals surface area contributed by atoms with E-state index in [1.54, 1.807) is 18.2 Å². The van der Waals surface area contributed by atoms with Crippen LogP contribution in [-0.2, 0) is 4.79 Å². The molecule has 0 aliphatic carbocycles. The number of amides is 2. The number of benzene rings is 1. The van der Waals surface area contributed by atoms with Crippen molar-refractivity contribution in [1.29, 1.82) is 0 Å². The minimum absolute atomic E-state index is 0.0363. The molecule has 1 aromatic rings. The number of carbonyl (C=O) groups is 2. The van der Waals surface area contributed by atoms with Crippen LogP contribution < -0.4 is 20.1 Å². The average Bonchev–Trinajstić information content (AvgIpc) is 2.62. The zero-order chi connectivity index (χ0) is 19.0. The molecule has 0 saturated carbocycles. The lowest BCUT2D eigenvalue weighted by atomic mass is 10.0. The number of ether oxygens (including phenoxy) is 2.